The van der Waals surface area contributed by atoms with Crippen LogP contribution < -0.4 is 26.6 Å². The van der Waals surface area contributed by atoms with E-state index in [1.165, 1.54) is 5.56 Å². The molecule has 1 aromatic heterocycles. The fraction of sp³-hybridized carbons (Fsp3) is 0.143. The standard InChI is InChI=1S/C21H20N2O3S/c1-26-17-9-7-15(8-10-17)12-19-21(25)22-18(20(24)23-19)11-14-3-5-16(6-4-14)13-27-2/h3-12H,13H2,1-2H3,(H,22,25)(H,23,24). The third-order valence-corrected chi connectivity index (χ3v) is 4.64. The minimum Gasteiger partial charge on any atom is -0.497 e. The van der Waals surface area contributed by atoms with Crippen molar-refractivity contribution in [1.29, 1.82) is 0 Å². The Hall–Kier alpha value is -2.99. The average Bonchev–Trinajstić information content (AvgIpc) is 2.68. The smallest absolute Gasteiger partial charge is 0.272 e. The van der Waals surface area contributed by atoms with E-state index in [4.69, 9.17) is 4.74 Å². The summed E-state index contributed by atoms with van der Waals surface area (Å²) < 4.78 is 5.11. The first kappa shape index (κ1) is 18.8. The topological polar surface area (TPSA) is 75.0 Å². The molecule has 1 heterocycles. The molecule has 0 spiro atoms. The van der Waals surface area contributed by atoms with Gasteiger partial charge in [0.1, 0.15) is 16.4 Å². The van der Waals surface area contributed by atoms with E-state index in [-0.39, 0.29) is 21.8 Å². The number of methoxy groups -OCH3 is 1. The van der Waals surface area contributed by atoms with Gasteiger partial charge in [0.25, 0.3) is 11.1 Å². The van der Waals surface area contributed by atoms with Crippen molar-refractivity contribution < 1.29 is 4.74 Å². The third-order valence-electron chi connectivity index (χ3n) is 4.01. The Balaban J connectivity index is 1.98. The first-order valence-electron chi connectivity index (χ1n) is 8.37. The quantitative estimate of drug-likeness (QED) is 0.705. The lowest BCUT2D eigenvalue weighted by Gasteiger charge is -1.99. The number of benzene rings is 2. The molecule has 0 atom stereocenters. The fourth-order valence-corrected chi connectivity index (χ4v) is 3.13. The van der Waals surface area contributed by atoms with Crippen molar-refractivity contribution in [2.75, 3.05) is 13.4 Å². The van der Waals surface area contributed by atoms with E-state index in [9.17, 15) is 9.59 Å². The van der Waals surface area contributed by atoms with Crippen molar-refractivity contribution in [3.8, 4) is 5.75 Å². The molecule has 5 nitrogen and oxygen atoms in total. The van der Waals surface area contributed by atoms with Crippen LogP contribution in [0.3, 0.4) is 0 Å². The van der Waals surface area contributed by atoms with Crippen molar-refractivity contribution in [1.82, 2.24) is 9.97 Å². The van der Waals surface area contributed by atoms with Gasteiger partial charge in [-0.25, -0.2) is 0 Å². The predicted molar refractivity (Wildman–Crippen MR) is 111 cm³/mol. The molecule has 0 radical (unpaired) electrons. The number of aromatic nitrogens is 2. The maximum atomic E-state index is 12.4. The Morgan fingerprint density at radius 2 is 1.33 bits per heavy atom. The minimum atomic E-state index is -0.351. The van der Waals surface area contributed by atoms with Crippen LogP contribution in [0, 0.1) is 0 Å². The summed E-state index contributed by atoms with van der Waals surface area (Å²) >= 11 is 1.75. The summed E-state index contributed by atoms with van der Waals surface area (Å²) in [4.78, 5) is 30.0. The van der Waals surface area contributed by atoms with Crippen LogP contribution in [-0.4, -0.2) is 23.3 Å². The number of thioether (sulfide) groups is 1. The van der Waals surface area contributed by atoms with Crippen molar-refractivity contribution in [2.24, 2.45) is 0 Å². The van der Waals surface area contributed by atoms with Crippen LogP contribution in [0.15, 0.2) is 58.1 Å². The SMILES string of the molecule is COc1ccc(C=c2[nH]c(=O)c(=Cc3ccc(CSC)cc3)[nH]c2=O)cc1. The Morgan fingerprint density at radius 3 is 1.78 bits per heavy atom. The van der Waals surface area contributed by atoms with Crippen molar-refractivity contribution in [3.05, 3.63) is 96.6 Å². The van der Waals surface area contributed by atoms with E-state index in [1.807, 2.05) is 36.4 Å². The van der Waals surface area contributed by atoms with Gasteiger partial charge in [-0.2, -0.15) is 11.8 Å². The monoisotopic (exact) mass is 380 g/mol. The van der Waals surface area contributed by atoms with Gasteiger partial charge in [0.15, 0.2) is 0 Å². The van der Waals surface area contributed by atoms with E-state index in [0.717, 1.165) is 22.6 Å². The number of rotatable bonds is 5. The molecule has 0 amide bonds. The Morgan fingerprint density at radius 1 is 0.852 bits per heavy atom. The Bertz CT molecular complexity index is 1140. The van der Waals surface area contributed by atoms with Gasteiger partial charge in [0.2, 0.25) is 0 Å². The minimum absolute atomic E-state index is 0.206. The number of H-pyrrole nitrogens is 2. The number of hydrogen-bond donors (Lipinski definition) is 2. The van der Waals surface area contributed by atoms with E-state index < -0.39 is 0 Å². The predicted octanol–water partition coefficient (Wildman–Crippen LogP) is 1.59. The number of aromatic amines is 2. The first-order chi connectivity index (χ1) is 13.1. The molecule has 27 heavy (non-hydrogen) atoms. The lowest BCUT2D eigenvalue weighted by Crippen LogP contribution is -2.46. The second-order valence-corrected chi connectivity index (χ2v) is 6.84. The number of ether oxygens (including phenoxy) is 1. The Kier molecular flexibility index (Phi) is 5.98. The zero-order chi connectivity index (χ0) is 19.2. The van der Waals surface area contributed by atoms with Gasteiger partial charge >= 0.3 is 0 Å². The molecule has 0 saturated carbocycles. The highest BCUT2D eigenvalue weighted by molar-refractivity contribution is 7.97. The van der Waals surface area contributed by atoms with Crippen molar-refractivity contribution in [2.45, 2.75) is 5.75 Å². The molecule has 3 rings (SSSR count). The van der Waals surface area contributed by atoms with E-state index >= 15 is 0 Å². The summed E-state index contributed by atoms with van der Waals surface area (Å²) in [6.45, 7) is 0. The maximum absolute atomic E-state index is 12.4. The molecule has 0 fully saturated rings. The molecule has 138 valence electrons. The molecular formula is C21H20N2O3S. The van der Waals surface area contributed by atoms with Crippen molar-refractivity contribution >= 4 is 23.9 Å². The number of nitrogens with one attached hydrogen (secondary N) is 2. The van der Waals surface area contributed by atoms with Crippen LogP contribution >= 0.6 is 11.8 Å². The molecule has 0 aliphatic heterocycles. The summed E-state index contributed by atoms with van der Waals surface area (Å²) in [7, 11) is 1.59. The summed E-state index contributed by atoms with van der Waals surface area (Å²) in [5.74, 6) is 1.66. The molecule has 0 unspecified atom stereocenters. The zero-order valence-electron chi connectivity index (χ0n) is 15.1. The normalized spacial score (nSPS) is 12.4. The van der Waals surface area contributed by atoms with E-state index in [0.29, 0.717) is 0 Å². The van der Waals surface area contributed by atoms with Crippen LogP contribution in [0.1, 0.15) is 16.7 Å². The van der Waals surface area contributed by atoms with Gasteiger partial charge in [0.05, 0.1) is 7.11 Å². The summed E-state index contributed by atoms with van der Waals surface area (Å²) in [5, 5.41) is 0.433. The zero-order valence-corrected chi connectivity index (χ0v) is 15.9. The number of hydrogen-bond acceptors (Lipinski definition) is 4. The van der Waals surface area contributed by atoms with E-state index in [2.05, 4.69) is 16.2 Å². The third kappa shape index (κ3) is 4.80. The lowest BCUT2D eigenvalue weighted by atomic mass is 10.1. The summed E-state index contributed by atoms with van der Waals surface area (Å²) in [6.07, 6.45) is 5.34. The van der Waals surface area contributed by atoms with Crippen LogP contribution in [0.25, 0.3) is 12.2 Å². The molecule has 0 aliphatic carbocycles. The second-order valence-electron chi connectivity index (χ2n) is 5.97. The van der Waals surface area contributed by atoms with Gasteiger partial charge in [-0.1, -0.05) is 36.4 Å². The first-order valence-corrected chi connectivity index (χ1v) is 9.76. The van der Waals surface area contributed by atoms with Gasteiger partial charge in [-0.3, -0.25) is 9.59 Å². The van der Waals surface area contributed by atoms with E-state index in [1.54, 1.807) is 43.2 Å². The fourth-order valence-electron chi connectivity index (χ4n) is 2.61. The van der Waals surface area contributed by atoms with Crippen LogP contribution in [0.5, 0.6) is 5.75 Å². The van der Waals surface area contributed by atoms with Crippen molar-refractivity contribution in [3.63, 3.8) is 0 Å². The Labute approximate surface area is 160 Å². The molecule has 0 saturated heterocycles. The largest absolute Gasteiger partial charge is 0.497 e. The molecular weight excluding hydrogens is 360 g/mol. The molecule has 6 heteroatoms. The second kappa shape index (κ2) is 8.60. The molecule has 3 aromatic rings. The molecule has 2 aromatic carbocycles. The van der Waals surface area contributed by atoms with Gasteiger partial charge in [-0.15, -0.1) is 0 Å². The molecule has 2 N–H and O–H groups in total. The maximum Gasteiger partial charge on any atom is 0.272 e. The van der Waals surface area contributed by atoms with Crippen LogP contribution in [0.4, 0.5) is 0 Å². The summed E-state index contributed by atoms with van der Waals surface area (Å²) in [6, 6.07) is 15.1. The van der Waals surface area contributed by atoms with Crippen LogP contribution in [0.2, 0.25) is 0 Å². The lowest BCUT2D eigenvalue weighted by molar-refractivity contribution is 0.415. The highest BCUT2D eigenvalue weighted by atomic mass is 32.2. The summed E-state index contributed by atoms with van der Waals surface area (Å²) in [5.41, 5.74) is 2.16. The molecule has 0 aliphatic rings. The molecule has 0 bridgehead atoms. The average molecular weight is 380 g/mol. The highest BCUT2D eigenvalue weighted by Crippen LogP contribution is 2.11. The highest BCUT2D eigenvalue weighted by Gasteiger charge is 1.98. The van der Waals surface area contributed by atoms with Gasteiger partial charge in [0, 0.05) is 5.75 Å². The van der Waals surface area contributed by atoms with Gasteiger partial charge in [-0.05, 0) is 47.2 Å². The van der Waals surface area contributed by atoms with Crippen LogP contribution in [-0.2, 0) is 5.75 Å². The van der Waals surface area contributed by atoms with Gasteiger partial charge < -0.3 is 14.7 Å².